The number of nitrogens with one attached hydrogen (secondary N) is 1. The van der Waals surface area contributed by atoms with Crippen LogP contribution in [0.5, 0.6) is 5.75 Å². The van der Waals surface area contributed by atoms with Crippen LogP contribution in [-0.2, 0) is 11.3 Å². The van der Waals surface area contributed by atoms with Gasteiger partial charge in [0, 0.05) is 18.2 Å². The molecule has 1 fully saturated rings. The average Bonchev–Trinajstić information content (AvgIpc) is 2.45. The highest BCUT2D eigenvalue weighted by molar-refractivity contribution is 5.79. The van der Waals surface area contributed by atoms with Crippen LogP contribution in [0.2, 0.25) is 0 Å². The SMILES string of the molecule is COc1ccccc1CNC(=O)C1CCCCC1N. The van der Waals surface area contributed by atoms with Gasteiger partial charge in [0.05, 0.1) is 13.0 Å². The minimum atomic E-state index is -0.0385. The second-order valence-corrected chi connectivity index (χ2v) is 5.08. The van der Waals surface area contributed by atoms with Crippen molar-refractivity contribution in [2.24, 2.45) is 11.7 Å². The topological polar surface area (TPSA) is 64.3 Å². The second kappa shape index (κ2) is 6.57. The summed E-state index contributed by atoms with van der Waals surface area (Å²) in [6.45, 7) is 0.492. The molecule has 1 aliphatic rings. The fraction of sp³-hybridized carbons (Fsp3) is 0.533. The zero-order chi connectivity index (χ0) is 13.7. The van der Waals surface area contributed by atoms with Gasteiger partial charge in [-0.3, -0.25) is 4.79 Å². The minimum Gasteiger partial charge on any atom is -0.496 e. The van der Waals surface area contributed by atoms with Gasteiger partial charge in [0.2, 0.25) is 5.91 Å². The lowest BCUT2D eigenvalue weighted by atomic mass is 9.84. The molecule has 0 bridgehead atoms. The van der Waals surface area contributed by atoms with Gasteiger partial charge in [-0.2, -0.15) is 0 Å². The molecule has 0 aromatic heterocycles. The Morgan fingerprint density at radius 1 is 1.37 bits per heavy atom. The van der Waals surface area contributed by atoms with Crippen molar-refractivity contribution < 1.29 is 9.53 Å². The number of amides is 1. The Bertz CT molecular complexity index is 434. The highest BCUT2D eigenvalue weighted by Gasteiger charge is 2.27. The molecule has 2 unspecified atom stereocenters. The summed E-state index contributed by atoms with van der Waals surface area (Å²) in [6.07, 6.45) is 4.09. The molecule has 0 radical (unpaired) electrons. The Labute approximate surface area is 114 Å². The summed E-state index contributed by atoms with van der Waals surface area (Å²) in [7, 11) is 1.64. The standard InChI is InChI=1S/C15H22N2O2/c1-19-14-9-5-2-6-11(14)10-17-15(18)12-7-3-4-8-13(12)16/h2,5-6,9,12-13H,3-4,7-8,10,16H2,1H3,(H,17,18). The average molecular weight is 262 g/mol. The Hall–Kier alpha value is -1.55. The quantitative estimate of drug-likeness (QED) is 0.870. The van der Waals surface area contributed by atoms with Gasteiger partial charge in [-0.05, 0) is 18.9 Å². The predicted molar refractivity (Wildman–Crippen MR) is 74.8 cm³/mol. The van der Waals surface area contributed by atoms with E-state index in [9.17, 15) is 4.79 Å². The van der Waals surface area contributed by atoms with Gasteiger partial charge < -0.3 is 15.8 Å². The summed E-state index contributed by atoms with van der Waals surface area (Å²) in [4.78, 5) is 12.1. The number of methoxy groups -OCH3 is 1. The van der Waals surface area contributed by atoms with Crippen molar-refractivity contribution >= 4 is 5.91 Å². The van der Waals surface area contributed by atoms with Gasteiger partial charge in [0.1, 0.15) is 5.75 Å². The van der Waals surface area contributed by atoms with Crippen LogP contribution in [0.25, 0.3) is 0 Å². The van der Waals surface area contributed by atoms with Crippen LogP contribution < -0.4 is 15.8 Å². The van der Waals surface area contributed by atoms with E-state index < -0.39 is 0 Å². The molecule has 1 aromatic rings. The number of nitrogens with two attached hydrogens (primary N) is 1. The van der Waals surface area contributed by atoms with Crippen molar-refractivity contribution in [2.75, 3.05) is 7.11 Å². The number of hydrogen-bond donors (Lipinski definition) is 2. The van der Waals surface area contributed by atoms with Gasteiger partial charge in [-0.1, -0.05) is 31.0 Å². The van der Waals surface area contributed by atoms with E-state index in [1.54, 1.807) is 7.11 Å². The molecule has 3 N–H and O–H groups in total. The molecule has 1 aliphatic carbocycles. The Morgan fingerprint density at radius 2 is 2.11 bits per heavy atom. The third kappa shape index (κ3) is 3.47. The number of carbonyl (C=O) groups excluding carboxylic acids is 1. The first-order valence-electron chi connectivity index (χ1n) is 6.87. The summed E-state index contributed by atoms with van der Waals surface area (Å²) < 4.78 is 5.27. The molecule has 4 heteroatoms. The molecule has 0 aliphatic heterocycles. The van der Waals surface area contributed by atoms with Crippen LogP contribution in [0.1, 0.15) is 31.2 Å². The van der Waals surface area contributed by atoms with Crippen LogP contribution in [0, 0.1) is 5.92 Å². The van der Waals surface area contributed by atoms with Crippen LogP contribution in [0.3, 0.4) is 0 Å². The first kappa shape index (κ1) is 13.9. The first-order valence-corrected chi connectivity index (χ1v) is 6.87. The van der Waals surface area contributed by atoms with Crippen LogP contribution in [-0.4, -0.2) is 19.1 Å². The van der Waals surface area contributed by atoms with Crippen molar-refractivity contribution in [1.82, 2.24) is 5.32 Å². The van der Waals surface area contributed by atoms with Crippen LogP contribution in [0.15, 0.2) is 24.3 Å². The van der Waals surface area contributed by atoms with E-state index in [1.165, 1.54) is 0 Å². The number of para-hydroxylation sites is 1. The van der Waals surface area contributed by atoms with Gasteiger partial charge in [0.25, 0.3) is 0 Å². The molecule has 19 heavy (non-hydrogen) atoms. The predicted octanol–water partition coefficient (Wildman–Crippen LogP) is 1.83. The van der Waals surface area contributed by atoms with E-state index in [1.807, 2.05) is 24.3 Å². The van der Waals surface area contributed by atoms with Crippen molar-refractivity contribution in [2.45, 2.75) is 38.3 Å². The van der Waals surface area contributed by atoms with E-state index >= 15 is 0 Å². The molecule has 1 aromatic carbocycles. The normalized spacial score (nSPS) is 22.8. The Balaban J connectivity index is 1.92. The molecule has 1 amide bonds. The Morgan fingerprint density at radius 3 is 2.84 bits per heavy atom. The van der Waals surface area contributed by atoms with Crippen LogP contribution in [0.4, 0.5) is 0 Å². The number of rotatable bonds is 4. The smallest absolute Gasteiger partial charge is 0.224 e. The van der Waals surface area contributed by atoms with Gasteiger partial charge in [0.15, 0.2) is 0 Å². The van der Waals surface area contributed by atoms with Gasteiger partial charge in [-0.25, -0.2) is 0 Å². The monoisotopic (exact) mass is 262 g/mol. The summed E-state index contributed by atoms with van der Waals surface area (Å²) in [6, 6.07) is 7.72. The van der Waals surface area contributed by atoms with Crippen molar-refractivity contribution in [3.63, 3.8) is 0 Å². The molecule has 104 valence electrons. The van der Waals surface area contributed by atoms with Crippen LogP contribution >= 0.6 is 0 Å². The first-order chi connectivity index (χ1) is 9.22. The molecular formula is C15H22N2O2. The minimum absolute atomic E-state index is 0.00594. The lowest BCUT2D eigenvalue weighted by Crippen LogP contribution is -2.43. The maximum Gasteiger partial charge on any atom is 0.224 e. The van der Waals surface area contributed by atoms with E-state index in [0.29, 0.717) is 6.54 Å². The fourth-order valence-corrected chi connectivity index (χ4v) is 2.65. The number of benzene rings is 1. The third-order valence-electron chi connectivity index (χ3n) is 3.80. The number of hydrogen-bond acceptors (Lipinski definition) is 3. The summed E-state index contributed by atoms with van der Waals surface area (Å²) in [5.41, 5.74) is 7.01. The second-order valence-electron chi connectivity index (χ2n) is 5.08. The molecule has 1 saturated carbocycles. The van der Waals surface area contributed by atoms with Crippen molar-refractivity contribution in [3.05, 3.63) is 29.8 Å². The zero-order valence-electron chi connectivity index (χ0n) is 11.4. The van der Waals surface area contributed by atoms with E-state index in [0.717, 1.165) is 37.0 Å². The molecular weight excluding hydrogens is 240 g/mol. The lowest BCUT2D eigenvalue weighted by molar-refractivity contribution is -0.126. The van der Waals surface area contributed by atoms with E-state index in [4.69, 9.17) is 10.5 Å². The van der Waals surface area contributed by atoms with E-state index in [-0.39, 0.29) is 17.9 Å². The fourth-order valence-electron chi connectivity index (χ4n) is 2.65. The number of carbonyl (C=O) groups is 1. The van der Waals surface area contributed by atoms with Crippen molar-refractivity contribution in [3.8, 4) is 5.75 Å². The maximum atomic E-state index is 12.1. The van der Waals surface area contributed by atoms with Crippen molar-refractivity contribution in [1.29, 1.82) is 0 Å². The highest BCUT2D eigenvalue weighted by Crippen LogP contribution is 2.23. The molecule has 0 saturated heterocycles. The maximum absolute atomic E-state index is 12.1. The molecule has 0 heterocycles. The van der Waals surface area contributed by atoms with E-state index in [2.05, 4.69) is 5.32 Å². The van der Waals surface area contributed by atoms with Gasteiger partial charge in [-0.15, -0.1) is 0 Å². The summed E-state index contributed by atoms with van der Waals surface area (Å²) in [5.74, 6) is 0.831. The summed E-state index contributed by atoms with van der Waals surface area (Å²) >= 11 is 0. The largest absolute Gasteiger partial charge is 0.496 e. The molecule has 2 atom stereocenters. The highest BCUT2D eigenvalue weighted by atomic mass is 16.5. The summed E-state index contributed by atoms with van der Waals surface area (Å²) in [5, 5.41) is 2.97. The molecule has 0 spiro atoms. The lowest BCUT2D eigenvalue weighted by Gasteiger charge is -2.27. The van der Waals surface area contributed by atoms with Gasteiger partial charge >= 0.3 is 0 Å². The number of ether oxygens (including phenoxy) is 1. The zero-order valence-corrected chi connectivity index (χ0v) is 11.4. The molecule has 2 rings (SSSR count). The third-order valence-corrected chi connectivity index (χ3v) is 3.80. The Kier molecular flexibility index (Phi) is 4.80. The molecule has 4 nitrogen and oxygen atoms in total.